The van der Waals surface area contributed by atoms with Crippen molar-refractivity contribution < 1.29 is 23.8 Å². The van der Waals surface area contributed by atoms with Gasteiger partial charge in [-0.2, -0.15) is 0 Å². The van der Waals surface area contributed by atoms with Crippen LogP contribution in [0.1, 0.15) is 17.4 Å². The van der Waals surface area contributed by atoms with Crippen LogP contribution in [0.4, 0.5) is 5.69 Å². The third kappa shape index (κ3) is 4.17. The van der Waals surface area contributed by atoms with Gasteiger partial charge in [0.15, 0.2) is 23.3 Å². The number of ether oxygens (including phenoxy) is 3. The van der Waals surface area contributed by atoms with Crippen LogP contribution < -0.4 is 14.8 Å². The fraction of sp³-hybridized carbons (Fsp3) is 0.235. The summed E-state index contributed by atoms with van der Waals surface area (Å²) in [6, 6.07) is 7.86. The number of pyridine rings is 1. The highest BCUT2D eigenvalue weighted by Crippen LogP contribution is 2.32. The molecular weight excluding hydrogens is 383 g/mol. The number of aromatic nitrogens is 1. The van der Waals surface area contributed by atoms with E-state index in [1.54, 1.807) is 18.2 Å². The predicted molar refractivity (Wildman–Crippen MR) is 95.2 cm³/mol. The molecule has 0 radical (unpaired) electrons. The average molecular weight is 397 g/mol. The molecule has 0 unspecified atom stereocenters. The molecule has 1 amide bonds. The smallest absolute Gasteiger partial charge is 0.359 e. The minimum Gasteiger partial charge on any atom is -0.486 e. The summed E-state index contributed by atoms with van der Waals surface area (Å²) < 4.78 is 16.0. The Morgan fingerprint density at radius 2 is 1.88 bits per heavy atom. The Morgan fingerprint density at radius 1 is 1.15 bits per heavy atom. The van der Waals surface area contributed by atoms with E-state index >= 15 is 0 Å². The van der Waals surface area contributed by atoms with Crippen LogP contribution in [0, 0.1) is 0 Å². The van der Waals surface area contributed by atoms with Crippen LogP contribution in [-0.4, -0.2) is 36.2 Å². The van der Waals surface area contributed by atoms with Crippen molar-refractivity contribution in [3.63, 3.8) is 0 Å². The second kappa shape index (κ2) is 7.80. The van der Waals surface area contributed by atoms with Gasteiger partial charge in [0, 0.05) is 11.8 Å². The van der Waals surface area contributed by atoms with Gasteiger partial charge in [-0.3, -0.25) is 4.79 Å². The molecule has 1 atom stereocenters. The standard InChI is InChI=1S/C17H14Cl2N2O5/c1-9(26-17(23)15-11(18)3-5-14(19)21-15)16(22)20-10-2-4-12-13(8-10)25-7-6-24-12/h2-5,8-9H,6-7H2,1H3,(H,20,22)/t9-/m0/s1. The van der Waals surface area contributed by atoms with Gasteiger partial charge in [-0.05, 0) is 31.2 Å². The summed E-state index contributed by atoms with van der Waals surface area (Å²) in [5.41, 5.74) is 0.333. The molecular formula is C17H14Cl2N2O5. The number of carbonyl (C=O) groups excluding carboxylic acids is 2. The molecule has 1 aliphatic heterocycles. The number of amides is 1. The second-order valence-electron chi connectivity index (χ2n) is 5.36. The minimum atomic E-state index is -1.08. The molecule has 136 valence electrons. The van der Waals surface area contributed by atoms with Gasteiger partial charge in [-0.1, -0.05) is 23.2 Å². The highest BCUT2D eigenvalue weighted by molar-refractivity contribution is 6.34. The maximum Gasteiger partial charge on any atom is 0.359 e. The fourth-order valence-electron chi connectivity index (χ4n) is 2.20. The van der Waals surface area contributed by atoms with E-state index in [-0.39, 0.29) is 15.9 Å². The Balaban J connectivity index is 1.64. The Kier molecular flexibility index (Phi) is 5.49. The molecule has 2 heterocycles. The van der Waals surface area contributed by atoms with Gasteiger partial charge in [0.2, 0.25) is 0 Å². The molecule has 0 fully saturated rings. The van der Waals surface area contributed by atoms with Gasteiger partial charge >= 0.3 is 5.97 Å². The SMILES string of the molecule is C[C@H](OC(=O)c1nc(Cl)ccc1Cl)C(=O)Nc1ccc2c(c1)OCCO2. The van der Waals surface area contributed by atoms with Crippen molar-refractivity contribution in [1.82, 2.24) is 4.98 Å². The number of anilines is 1. The van der Waals surface area contributed by atoms with E-state index < -0.39 is 18.0 Å². The van der Waals surface area contributed by atoms with Crippen LogP contribution in [0.2, 0.25) is 10.2 Å². The van der Waals surface area contributed by atoms with E-state index in [1.165, 1.54) is 19.1 Å². The number of benzene rings is 1. The van der Waals surface area contributed by atoms with Crippen molar-refractivity contribution in [3.05, 3.63) is 46.2 Å². The molecule has 3 rings (SSSR count). The molecule has 0 saturated heterocycles. The minimum absolute atomic E-state index is 0.0823. The van der Waals surface area contributed by atoms with Crippen molar-refractivity contribution in [3.8, 4) is 11.5 Å². The van der Waals surface area contributed by atoms with Crippen molar-refractivity contribution >= 4 is 40.8 Å². The molecule has 26 heavy (non-hydrogen) atoms. The number of fused-ring (bicyclic) bond motifs is 1. The van der Waals surface area contributed by atoms with Gasteiger partial charge < -0.3 is 19.5 Å². The maximum absolute atomic E-state index is 12.3. The monoisotopic (exact) mass is 396 g/mol. The lowest BCUT2D eigenvalue weighted by Gasteiger charge is -2.19. The zero-order chi connectivity index (χ0) is 18.7. The summed E-state index contributed by atoms with van der Waals surface area (Å²) in [4.78, 5) is 28.2. The first-order chi connectivity index (χ1) is 12.4. The lowest BCUT2D eigenvalue weighted by molar-refractivity contribution is -0.123. The Bertz CT molecular complexity index is 859. The molecule has 2 aromatic rings. The Labute approximate surface area is 159 Å². The normalized spacial score (nSPS) is 13.7. The molecule has 1 aromatic heterocycles. The highest BCUT2D eigenvalue weighted by atomic mass is 35.5. The van der Waals surface area contributed by atoms with Gasteiger partial charge in [0.05, 0.1) is 5.02 Å². The zero-order valence-corrected chi connectivity index (χ0v) is 15.1. The van der Waals surface area contributed by atoms with Gasteiger partial charge in [-0.25, -0.2) is 9.78 Å². The molecule has 7 nitrogen and oxygen atoms in total. The van der Waals surface area contributed by atoms with E-state index in [4.69, 9.17) is 37.4 Å². The van der Waals surface area contributed by atoms with E-state index in [0.717, 1.165) is 0 Å². The summed E-state index contributed by atoms with van der Waals surface area (Å²) in [6.45, 7) is 2.35. The Morgan fingerprint density at radius 3 is 2.65 bits per heavy atom. The summed E-state index contributed by atoms with van der Waals surface area (Å²) in [6.07, 6.45) is -1.08. The van der Waals surface area contributed by atoms with Crippen LogP contribution in [-0.2, 0) is 9.53 Å². The molecule has 0 spiro atoms. The molecule has 1 aliphatic rings. The first-order valence-electron chi connectivity index (χ1n) is 7.67. The number of carbonyl (C=O) groups is 2. The van der Waals surface area contributed by atoms with E-state index in [2.05, 4.69) is 10.3 Å². The Hall–Kier alpha value is -2.51. The summed E-state index contributed by atoms with van der Waals surface area (Å²) in [7, 11) is 0. The number of esters is 1. The summed E-state index contributed by atoms with van der Waals surface area (Å²) in [5.74, 6) is -0.223. The van der Waals surface area contributed by atoms with Gasteiger partial charge in [0.1, 0.15) is 18.4 Å². The lowest BCUT2D eigenvalue weighted by Crippen LogP contribution is -2.30. The summed E-state index contributed by atoms with van der Waals surface area (Å²) in [5, 5.41) is 2.82. The molecule has 9 heteroatoms. The van der Waals surface area contributed by atoms with Crippen molar-refractivity contribution in [2.45, 2.75) is 13.0 Å². The second-order valence-corrected chi connectivity index (χ2v) is 6.15. The fourth-order valence-corrected chi connectivity index (χ4v) is 2.53. The molecule has 1 aromatic carbocycles. The van der Waals surface area contributed by atoms with E-state index in [9.17, 15) is 9.59 Å². The molecule has 0 saturated carbocycles. The van der Waals surface area contributed by atoms with Crippen LogP contribution >= 0.6 is 23.2 Å². The molecule has 0 bridgehead atoms. The van der Waals surface area contributed by atoms with E-state index in [0.29, 0.717) is 30.4 Å². The third-order valence-corrected chi connectivity index (χ3v) is 3.98. The summed E-state index contributed by atoms with van der Waals surface area (Å²) >= 11 is 11.6. The van der Waals surface area contributed by atoms with Crippen LogP contribution in [0.15, 0.2) is 30.3 Å². The van der Waals surface area contributed by atoms with Crippen molar-refractivity contribution in [1.29, 1.82) is 0 Å². The predicted octanol–water partition coefficient (Wildman–Crippen LogP) is 3.34. The first-order valence-corrected chi connectivity index (χ1v) is 8.43. The van der Waals surface area contributed by atoms with E-state index in [1.807, 2.05) is 0 Å². The number of nitrogens with one attached hydrogen (secondary N) is 1. The molecule has 0 aliphatic carbocycles. The number of hydrogen-bond acceptors (Lipinski definition) is 6. The molecule has 1 N–H and O–H groups in total. The van der Waals surface area contributed by atoms with Crippen molar-refractivity contribution in [2.75, 3.05) is 18.5 Å². The third-order valence-electron chi connectivity index (χ3n) is 3.47. The lowest BCUT2D eigenvalue weighted by atomic mass is 10.2. The average Bonchev–Trinajstić information content (AvgIpc) is 2.63. The maximum atomic E-state index is 12.3. The topological polar surface area (TPSA) is 86.8 Å². The van der Waals surface area contributed by atoms with Crippen LogP contribution in [0.25, 0.3) is 0 Å². The number of halogens is 2. The highest BCUT2D eigenvalue weighted by Gasteiger charge is 2.22. The van der Waals surface area contributed by atoms with Gasteiger partial charge in [-0.15, -0.1) is 0 Å². The van der Waals surface area contributed by atoms with Crippen molar-refractivity contribution in [2.24, 2.45) is 0 Å². The van der Waals surface area contributed by atoms with Crippen LogP contribution in [0.3, 0.4) is 0 Å². The number of rotatable bonds is 4. The van der Waals surface area contributed by atoms with Crippen LogP contribution in [0.5, 0.6) is 11.5 Å². The number of nitrogens with zero attached hydrogens (tertiary/aromatic N) is 1. The largest absolute Gasteiger partial charge is 0.486 e. The van der Waals surface area contributed by atoms with Gasteiger partial charge in [0.25, 0.3) is 5.91 Å². The zero-order valence-electron chi connectivity index (χ0n) is 13.6. The first kappa shape index (κ1) is 18.3. The quantitative estimate of drug-likeness (QED) is 0.629. The number of hydrogen-bond donors (Lipinski definition) is 1.